The number of benzene rings is 4. The molecule has 0 spiro atoms. The topological polar surface area (TPSA) is 336 Å². The minimum absolute atomic E-state index is 0.0132. The molecule has 31 nitrogen and oxygen atoms in total. The Bertz CT molecular complexity index is 4200. The van der Waals surface area contributed by atoms with Crippen molar-refractivity contribution in [1.29, 1.82) is 0 Å². The summed E-state index contributed by atoms with van der Waals surface area (Å²) >= 11 is 0. The molecule has 3 fully saturated rings. The second-order valence-electron chi connectivity index (χ2n) is 31.6. The number of rotatable bonds is 48. The number of carbonyl (C=O) groups excluding carboxylic acids is 8. The lowest BCUT2D eigenvalue weighted by Crippen LogP contribution is -2.53. The lowest BCUT2D eigenvalue weighted by Gasteiger charge is -2.34. The van der Waals surface area contributed by atoms with Crippen LogP contribution in [0.15, 0.2) is 95.2 Å². The molecule has 0 radical (unpaired) electrons. The number of nitrogens with one attached hydrogen (secondary N) is 4. The van der Waals surface area contributed by atoms with E-state index in [9.17, 15) is 38.4 Å². The lowest BCUT2D eigenvalue weighted by molar-refractivity contribution is -0.140. The van der Waals surface area contributed by atoms with Gasteiger partial charge in [0.25, 0.3) is 11.8 Å². The van der Waals surface area contributed by atoms with Gasteiger partial charge in [0, 0.05) is 126 Å². The van der Waals surface area contributed by atoms with Gasteiger partial charge in [-0.05, 0) is 97.3 Å². The monoisotopic (exact) mass is 1680 g/mol. The van der Waals surface area contributed by atoms with Crippen molar-refractivity contribution < 1.29 is 95.2 Å². The van der Waals surface area contributed by atoms with Crippen molar-refractivity contribution in [2.75, 3.05) is 190 Å². The van der Waals surface area contributed by atoms with Crippen molar-refractivity contribution in [2.45, 2.75) is 141 Å². The number of fused-ring (bicyclic) bond motifs is 4. The number of carbonyl (C=O) groups is 8. The van der Waals surface area contributed by atoms with Gasteiger partial charge in [-0.15, -0.1) is 0 Å². The SMILES string of the molecule is COc1cc2c(cc1OCCCOc1cc3c(cc1OC)C(=O)N1C=C(c4ccc(N5CCN(C)CC5)cc4)C[C@H]1C=N3)N=C[C@@H]1CC(c3ccc(NC(=O)[C@H](C)NC(=O)[C@@H](NC(=O)CCOCCOCCOCCOCCOCCOCCOCCOCCNC(=O)CCN4C(=O)CC(C5CCCCCCCCC5)C4=O)C(C)C)cc3)=CN1C2=O. The van der Waals surface area contributed by atoms with E-state index in [0.29, 0.717) is 169 Å². The number of methoxy groups -OCH3 is 2. The van der Waals surface area contributed by atoms with E-state index in [1.54, 1.807) is 73.2 Å². The molecular formula is C90H123N11O20. The molecule has 658 valence electrons. The Balaban J connectivity index is 0.482. The molecule has 8 amide bonds. The van der Waals surface area contributed by atoms with Crippen LogP contribution in [-0.4, -0.2) is 283 Å². The third-order valence-electron chi connectivity index (χ3n) is 22.6. The van der Waals surface area contributed by atoms with Crippen LogP contribution < -0.4 is 45.1 Å². The molecule has 6 heterocycles. The molecule has 2 saturated heterocycles. The van der Waals surface area contributed by atoms with Crippen LogP contribution in [0.2, 0.25) is 0 Å². The summed E-state index contributed by atoms with van der Waals surface area (Å²) in [6.07, 6.45) is 19.7. The van der Waals surface area contributed by atoms with Crippen molar-refractivity contribution in [3.8, 4) is 23.0 Å². The van der Waals surface area contributed by atoms with Crippen LogP contribution in [0, 0.1) is 17.8 Å². The number of piperazine rings is 1. The summed E-state index contributed by atoms with van der Waals surface area (Å²) in [4.78, 5) is 126. The largest absolute Gasteiger partial charge is 0.493 e. The number of amides is 8. The van der Waals surface area contributed by atoms with Gasteiger partial charge in [-0.3, -0.25) is 53.2 Å². The highest BCUT2D eigenvalue weighted by Gasteiger charge is 2.43. The first-order valence-electron chi connectivity index (χ1n) is 43.1. The predicted octanol–water partition coefficient (Wildman–Crippen LogP) is 9.38. The Kier molecular flexibility index (Phi) is 36.7. The molecule has 11 rings (SSSR count). The standard InChI is InChI=1S/C90H123N11O20/c1-62(2)85(96-83(103)26-35-112-37-39-114-41-43-116-45-47-118-49-50-119-48-46-117-44-42-115-40-38-113-36-27-91-82(102)25-28-99-84(104)55-73(88(99)107)66-15-12-10-8-7-9-11-13-16-66)87(106)94-63(3)86(105)95-69-21-17-64(18-22-69)67-51-71-58-92-76-56-80(78(110-5)53-74(76)89(108)100(71)60-67)120-33-14-34-121-81-57-77-75(54-79(81)111-6)90(109)101-61-68(52-72(101)59-93-77)65-19-23-70(24-20-65)98-31-29-97(4)30-32-98/h17-24,53-54,56-63,66,71-73,85H,7-16,25-52,55H2,1-6H3,(H,91,102)(H,94,106)(H,95,105)(H,96,103)/t63-,71-,72-,73?,85-/m0/s1. The Labute approximate surface area is 710 Å². The second-order valence-corrected chi connectivity index (χ2v) is 31.6. The molecule has 7 aliphatic rings. The minimum atomic E-state index is -0.944. The minimum Gasteiger partial charge on any atom is -0.493 e. The molecule has 0 bridgehead atoms. The van der Waals surface area contributed by atoms with Gasteiger partial charge in [0.15, 0.2) is 23.0 Å². The van der Waals surface area contributed by atoms with Crippen LogP contribution in [0.4, 0.5) is 22.7 Å². The Morgan fingerprint density at radius 1 is 0.496 bits per heavy atom. The molecule has 121 heavy (non-hydrogen) atoms. The number of anilines is 2. The fourth-order valence-electron chi connectivity index (χ4n) is 15.6. The van der Waals surface area contributed by atoms with Crippen LogP contribution in [0.1, 0.15) is 149 Å². The van der Waals surface area contributed by atoms with E-state index in [0.717, 1.165) is 74.1 Å². The summed E-state index contributed by atoms with van der Waals surface area (Å²) in [5.41, 5.74) is 7.29. The first-order valence-corrected chi connectivity index (χ1v) is 43.1. The smallest absolute Gasteiger partial charge is 0.260 e. The summed E-state index contributed by atoms with van der Waals surface area (Å²) in [6, 6.07) is 20.2. The number of aliphatic imine (C=N–C) groups is 2. The normalized spacial score (nSPS) is 18.7. The van der Waals surface area contributed by atoms with Crippen molar-refractivity contribution in [3.63, 3.8) is 0 Å². The molecule has 4 aromatic rings. The van der Waals surface area contributed by atoms with Gasteiger partial charge in [0.2, 0.25) is 35.4 Å². The maximum atomic E-state index is 14.2. The molecule has 1 aliphatic carbocycles. The first-order chi connectivity index (χ1) is 58.9. The molecule has 0 aromatic heterocycles. The van der Waals surface area contributed by atoms with Crippen LogP contribution in [0.3, 0.4) is 0 Å². The van der Waals surface area contributed by atoms with Crippen LogP contribution in [0.5, 0.6) is 23.0 Å². The summed E-state index contributed by atoms with van der Waals surface area (Å²) in [6.45, 7) is 15.9. The van der Waals surface area contributed by atoms with E-state index >= 15 is 0 Å². The number of hydrogen-bond donors (Lipinski definition) is 4. The molecule has 5 atom stereocenters. The van der Waals surface area contributed by atoms with Crippen LogP contribution in [-0.2, 0) is 66.7 Å². The zero-order valence-electron chi connectivity index (χ0n) is 71.2. The van der Waals surface area contributed by atoms with Crippen LogP contribution >= 0.6 is 0 Å². The quantitative estimate of drug-likeness (QED) is 0.0236. The van der Waals surface area contributed by atoms with E-state index in [-0.39, 0.29) is 118 Å². The lowest BCUT2D eigenvalue weighted by atomic mass is 9.82. The molecular weight excluding hydrogens is 1560 g/mol. The molecule has 4 N–H and O–H groups in total. The van der Waals surface area contributed by atoms with E-state index in [1.165, 1.54) is 56.9 Å². The Morgan fingerprint density at radius 2 is 0.959 bits per heavy atom. The van der Waals surface area contributed by atoms with Gasteiger partial charge < -0.3 is 97.7 Å². The highest BCUT2D eigenvalue weighted by molar-refractivity contribution is 6.07. The fourth-order valence-corrected chi connectivity index (χ4v) is 15.6. The molecule has 4 aromatic carbocycles. The zero-order valence-corrected chi connectivity index (χ0v) is 71.2. The number of ether oxygens (including phenoxy) is 12. The summed E-state index contributed by atoms with van der Waals surface area (Å²) in [5, 5.41) is 11.2. The van der Waals surface area contributed by atoms with Crippen molar-refractivity contribution >= 4 is 93.6 Å². The molecule has 6 aliphatic heterocycles. The van der Waals surface area contributed by atoms with E-state index < -0.39 is 23.9 Å². The highest BCUT2D eigenvalue weighted by Crippen LogP contribution is 2.43. The summed E-state index contributed by atoms with van der Waals surface area (Å²) in [5.74, 6) is -0.886. The zero-order chi connectivity index (χ0) is 85.2. The molecule has 31 heteroatoms. The maximum Gasteiger partial charge on any atom is 0.260 e. The number of imide groups is 1. The Hall–Kier alpha value is -9.70. The van der Waals surface area contributed by atoms with E-state index in [2.05, 4.69) is 62.4 Å². The van der Waals surface area contributed by atoms with Gasteiger partial charge in [0.1, 0.15) is 12.1 Å². The highest BCUT2D eigenvalue weighted by atomic mass is 16.6. The van der Waals surface area contributed by atoms with Crippen molar-refractivity contribution in [1.82, 2.24) is 35.6 Å². The number of likely N-dealkylation sites (tertiary alicyclic amines) is 1. The van der Waals surface area contributed by atoms with Crippen molar-refractivity contribution in [3.05, 3.63) is 107 Å². The molecule has 1 unspecified atom stereocenters. The number of nitrogens with zero attached hydrogens (tertiary/aromatic N) is 7. The average molecular weight is 1680 g/mol. The van der Waals surface area contributed by atoms with Crippen LogP contribution in [0.25, 0.3) is 11.1 Å². The number of likely N-dealkylation sites (N-methyl/N-ethyl adjacent to an activating group) is 1. The first kappa shape index (κ1) is 92.0. The van der Waals surface area contributed by atoms with Gasteiger partial charge in [-0.25, -0.2) is 0 Å². The van der Waals surface area contributed by atoms with E-state index in [1.807, 2.05) is 30.7 Å². The third-order valence-corrected chi connectivity index (χ3v) is 22.6. The van der Waals surface area contributed by atoms with Crippen molar-refractivity contribution in [2.24, 2.45) is 27.7 Å². The van der Waals surface area contributed by atoms with E-state index in [4.69, 9.17) is 66.8 Å². The fraction of sp³-hybridized carbons (Fsp3) is 0.578. The van der Waals surface area contributed by atoms with Gasteiger partial charge >= 0.3 is 0 Å². The maximum absolute atomic E-state index is 14.2. The number of hydrogen-bond acceptors (Lipinski definition) is 24. The summed E-state index contributed by atoms with van der Waals surface area (Å²) in [7, 11) is 5.20. The summed E-state index contributed by atoms with van der Waals surface area (Å²) < 4.78 is 68.4. The third kappa shape index (κ3) is 27.4. The average Bonchev–Trinajstić information content (AvgIpc) is 1.64. The van der Waals surface area contributed by atoms with Gasteiger partial charge in [-0.1, -0.05) is 83.1 Å². The molecule has 1 saturated carbocycles. The second kappa shape index (κ2) is 48.2. The Morgan fingerprint density at radius 3 is 1.44 bits per heavy atom. The van der Waals surface area contributed by atoms with Gasteiger partial charge in [-0.2, -0.15) is 0 Å². The van der Waals surface area contributed by atoms with Gasteiger partial charge in [0.05, 0.1) is 174 Å². The predicted molar refractivity (Wildman–Crippen MR) is 457 cm³/mol.